The number of benzene rings is 1. The van der Waals surface area contributed by atoms with Gasteiger partial charge in [0.2, 0.25) is 5.91 Å². The number of aryl methyl sites for hydroxylation is 1. The largest absolute Gasteiger partial charge is 0.496 e. The first-order valence-corrected chi connectivity index (χ1v) is 9.27. The van der Waals surface area contributed by atoms with Gasteiger partial charge in [-0.15, -0.1) is 0 Å². The maximum Gasteiger partial charge on any atom is 0.289 e. The van der Waals surface area contributed by atoms with Crippen LogP contribution in [0.5, 0.6) is 5.75 Å². The van der Waals surface area contributed by atoms with Gasteiger partial charge < -0.3 is 19.4 Å². The summed E-state index contributed by atoms with van der Waals surface area (Å²) in [6.07, 6.45) is 2.79. The van der Waals surface area contributed by atoms with Gasteiger partial charge >= 0.3 is 0 Å². The van der Waals surface area contributed by atoms with Crippen molar-refractivity contribution in [3.8, 4) is 5.75 Å². The van der Waals surface area contributed by atoms with E-state index in [1.165, 1.54) is 6.26 Å². The number of furan rings is 1. The highest BCUT2D eigenvalue weighted by Gasteiger charge is 2.29. The smallest absolute Gasteiger partial charge is 0.289 e. The maximum absolute atomic E-state index is 12.7. The Morgan fingerprint density at radius 1 is 1.26 bits per heavy atom. The summed E-state index contributed by atoms with van der Waals surface area (Å²) in [5.41, 5.74) is 2.09. The number of nitrogens with zero attached hydrogens (tertiary/aromatic N) is 1. The van der Waals surface area contributed by atoms with Crippen molar-refractivity contribution in [1.82, 2.24) is 10.2 Å². The lowest BCUT2D eigenvalue weighted by atomic mass is 9.94. The van der Waals surface area contributed by atoms with Crippen LogP contribution in [0.15, 0.2) is 41.0 Å². The Balaban J connectivity index is 1.57. The minimum atomic E-state index is -0.143. The van der Waals surface area contributed by atoms with Gasteiger partial charge in [-0.2, -0.15) is 0 Å². The molecule has 6 nitrogen and oxygen atoms in total. The van der Waals surface area contributed by atoms with Crippen LogP contribution in [-0.2, 0) is 4.79 Å². The van der Waals surface area contributed by atoms with Crippen LogP contribution in [0.4, 0.5) is 0 Å². The van der Waals surface area contributed by atoms with Gasteiger partial charge in [-0.25, -0.2) is 0 Å². The summed E-state index contributed by atoms with van der Waals surface area (Å²) in [6.45, 7) is 5.09. The maximum atomic E-state index is 12.7. The lowest BCUT2D eigenvalue weighted by molar-refractivity contribution is -0.127. The van der Waals surface area contributed by atoms with Crippen molar-refractivity contribution in [2.45, 2.75) is 32.7 Å². The zero-order chi connectivity index (χ0) is 19.4. The standard InChI is InChI=1S/C21H26N2O4/c1-14-6-7-18(26-3)17(13-14)15(2)22-20(24)16-8-10-23(11-9-16)21(25)19-5-4-12-27-19/h4-7,12-13,15-16H,8-11H2,1-3H3,(H,22,24). The summed E-state index contributed by atoms with van der Waals surface area (Å²) in [5.74, 6) is 0.933. The number of nitrogens with one attached hydrogen (secondary N) is 1. The second-order valence-corrected chi connectivity index (χ2v) is 7.02. The molecule has 3 rings (SSSR count). The number of likely N-dealkylation sites (tertiary alicyclic amines) is 1. The fourth-order valence-corrected chi connectivity index (χ4v) is 3.50. The first-order chi connectivity index (χ1) is 13.0. The van der Waals surface area contributed by atoms with Crippen LogP contribution in [-0.4, -0.2) is 36.9 Å². The summed E-state index contributed by atoms with van der Waals surface area (Å²) in [4.78, 5) is 26.8. The highest BCUT2D eigenvalue weighted by atomic mass is 16.5. The molecule has 0 saturated carbocycles. The summed E-state index contributed by atoms with van der Waals surface area (Å²) in [7, 11) is 1.63. The van der Waals surface area contributed by atoms with E-state index in [1.807, 2.05) is 32.0 Å². The summed E-state index contributed by atoms with van der Waals surface area (Å²) in [6, 6.07) is 9.17. The predicted octanol–water partition coefficient (Wildman–Crippen LogP) is 3.33. The lowest BCUT2D eigenvalue weighted by Gasteiger charge is -2.31. The SMILES string of the molecule is COc1ccc(C)cc1C(C)NC(=O)C1CCN(C(=O)c2ccco2)CC1. The molecule has 6 heteroatoms. The molecule has 0 bridgehead atoms. The molecule has 1 aromatic carbocycles. The Bertz CT molecular complexity index is 793. The van der Waals surface area contributed by atoms with Crippen LogP contribution >= 0.6 is 0 Å². The molecule has 1 atom stereocenters. The number of piperidine rings is 1. The quantitative estimate of drug-likeness (QED) is 0.876. The number of amides is 2. The van der Waals surface area contributed by atoms with E-state index in [-0.39, 0.29) is 23.8 Å². The summed E-state index contributed by atoms with van der Waals surface area (Å²) < 4.78 is 10.6. The Morgan fingerprint density at radius 2 is 2.00 bits per heavy atom. The van der Waals surface area contributed by atoms with E-state index in [0.29, 0.717) is 31.7 Å². The van der Waals surface area contributed by atoms with E-state index >= 15 is 0 Å². The molecule has 2 aromatic rings. The molecule has 2 amide bonds. The van der Waals surface area contributed by atoms with Gasteiger partial charge in [0.25, 0.3) is 5.91 Å². The number of rotatable bonds is 5. The van der Waals surface area contributed by atoms with E-state index < -0.39 is 0 Å². The molecule has 0 spiro atoms. The van der Waals surface area contributed by atoms with E-state index in [9.17, 15) is 9.59 Å². The third kappa shape index (κ3) is 4.32. The molecule has 144 valence electrons. The molecule has 1 fully saturated rings. The Kier molecular flexibility index (Phi) is 5.84. The van der Waals surface area contributed by atoms with Gasteiger partial charge in [-0.05, 0) is 44.9 Å². The molecule has 27 heavy (non-hydrogen) atoms. The number of carbonyl (C=O) groups is 2. The number of carbonyl (C=O) groups excluding carboxylic acids is 2. The van der Waals surface area contributed by atoms with Crippen molar-refractivity contribution < 1.29 is 18.7 Å². The zero-order valence-electron chi connectivity index (χ0n) is 16.0. The Morgan fingerprint density at radius 3 is 2.63 bits per heavy atom. The molecule has 1 N–H and O–H groups in total. The third-order valence-corrected chi connectivity index (χ3v) is 5.10. The van der Waals surface area contributed by atoms with Crippen LogP contribution in [0.2, 0.25) is 0 Å². The fourth-order valence-electron chi connectivity index (χ4n) is 3.50. The minimum absolute atomic E-state index is 0.0242. The number of ether oxygens (including phenoxy) is 1. The fraction of sp³-hybridized carbons (Fsp3) is 0.429. The van der Waals surface area contributed by atoms with E-state index in [1.54, 1.807) is 24.1 Å². The Labute approximate surface area is 159 Å². The van der Waals surface area contributed by atoms with Gasteiger partial charge in [0.1, 0.15) is 5.75 Å². The van der Waals surface area contributed by atoms with Gasteiger partial charge in [0.05, 0.1) is 19.4 Å². The average Bonchev–Trinajstić information content (AvgIpc) is 3.22. The molecule has 2 heterocycles. The van der Waals surface area contributed by atoms with Gasteiger partial charge in [0.15, 0.2) is 5.76 Å². The van der Waals surface area contributed by atoms with Crippen molar-refractivity contribution >= 4 is 11.8 Å². The minimum Gasteiger partial charge on any atom is -0.496 e. The molecule has 1 aliphatic heterocycles. The molecular formula is C21H26N2O4. The summed E-state index contributed by atoms with van der Waals surface area (Å²) in [5, 5.41) is 3.10. The van der Waals surface area contributed by atoms with Crippen molar-refractivity contribution in [2.75, 3.05) is 20.2 Å². The average molecular weight is 370 g/mol. The van der Waals surface area contributed by atoms with Crippen molar-refractivity contribution in [3.63, 3.8) is 0 Å². The molecule has 1 unspecified atom stereocenters. The van der Waals surface area contributed by atoms with E-state index in [0.717, 1.165) is 16.9 Å². The molecule has 0 radical (unpaired) electrons. The van der Waals surface area contributed by atoms with Crippen LogP contribution in [0.3, 0.4) is 0 Å². The molecular weight excluding hydrogens is 344 g/mol. The van der Waals surface area contributed by atoms with Crippen LogP contribution in [0.25, 0.3) is 0 Å². The van der Waals surface area contributed by atoms with Gasteiger partial charge in [-0.1, -0.05) is 17.7 Å². The molecule has 0 aliphatic carbocycles. The first kappa shape index (κ1) is 19.0. The summed E-state index contributed by atoms with van der Waals surface area (Å²) >= 11 is 0. The first-order valence-electron chi connectivity index (χ1n) is 9.27. The van der Waals surface area contributed by atoms with Gasteiger partial charge in [0, 0.05) is 24.6 Å². The van der Waals surface area contributed by atoms with Crippen molar-refractivity contribution in [2.24, 2.45) is 5.92 Å². The van der Waals surface area contributed by atoms with E-state index in [2.05, 4.69) is 5.32 Å². The van der Waals surface area contributed by atoms with Crippen LogP contribution < -0.4 is 10.1 Å². The number of hydrogen-bond acceptors (Lipinski definition) is 4. The zero-order valence-corrected chi connectivity index (χ0v) is 16.0. The second-order valence-electron chi connectivity index (χ2n) is 7.02. The van der Waals surface area contributed by atoms with Crippen molar-refractivity contribution in [1.29, 1.82) is 0 Å². The van der Waals surface area contributed by atoms with E-state index in [4.69, 9.17) is 9.15 Å². The highest BCUT2D eigenvalue weighted by molar-refractivity contribution is 5.91. The highest BCUT2D eigenvalue weighted by Crippen LogP contribution is 2.27. The number of hydrogen-bond donors (Lipinski definition) is 1. The topological polar surface area (TPSA) is 71.8 Å². The second kappa shape index (κ2) is 8.29. The molecule has 1 aliphatic rings. The predicted molar refractivity (Wildman–Crippen MR) is 102 cm³/mol. The molecule has 1 saturated heterocycles. The van der Waals surface area contributed by atoms with Crippen LogP contribution in [0.1, 0.15) is 47.5 Å². The lowest BCUT2D eigenvalue weighted by Crippen LogP contribution is -2.43. The molecule has 1 aromatic heterocycles. The number of methoxy groups -OCH3 is 1. The van der Waals surface area contributed by atoms with Crippen LogP contribution in [0, 0.1) is 12.8 Å². The third-order valence-electron chi connectivity index (χ3n) is 5.10. The van der Waals surface area contributed by atoms with Gasteiger partial charge in [-0.3, -0.25) is 9.59 Å². The van der Waals surface area contributed by atoms with Crippen molar-refractivity contribution in [3.05, 3.63) is 53.5 Å². The Hall–Kier alpha value is -2.76. The monoisotopic (exact) mass is 370 g/mol. The normalized spacial score (nSPS) is 16.0.